The summed E-state index contributed by atoms with van der Waals surface area (Å²) in [5.41, 5.74) is 2.53. The number of furan rings is 1. The van der Waals surface area contributed by atoms with Crippen LogP contribution < -0.4 is 10.2 Å². The highest BCUT2D eigenvalue weighted by Crippen LogP contribution is 2.19. The first-order chi connectivity index (χ1) is 10.2. The van der Waals surface area contributed by atoms with Crippen LogP contribution in [0.1, 0.15) is 37.4 Å². The molecule has 0 spiro atoms. The monoisotopic (exact) mass is 286 g/mol. The molecule has 0 amide bonds. The van der Waals surface area contributed by atoms with Crippen molar-refractivity contribution in [2.45, 2.75) is 40.3 Å². The van der Waals surface area contributed by atoms with Crippen LogP contribution in [-0.4, -0.2) is 13.1 Å². The van der Waals surface area contributed by atoms with Gasteiger partial charge in [-0.1, -0.05) is 24.6 Å². The average Bonchev–Trinajstić information content (AvgIpc) is 2.94. The summed E-state index contributed by atoms with van der Waals surface area (Å²) < 4.78 is 5.90. The Labute approximate surface area is 128 Å². The summed E-state index contributed by atoms with van der Waals surface area (Å²) in [6.45, 7) is 10.1. The van der Waals surface area contributed by atoms with E-state index in [1.54, 1.807) is 0 Å². The summed E-state index contributed by atoms with van der Waals surface area (Å²) in [7, 11) is 0. The molecular formula is C18H26N2O. The van der Waals surface area contributed by atoms with Crippen molar-refractivity contribution < 1.29 is 4.42 Å². The summed E-state index contributed by atoms with van der Waals surface area (Å²) in [4.78, 5) is 2.32. The van der Waals surface area contributed by atoms with E-state index in [9.17, 15) is 0 Å². The second-order valence-electron chi connectivity index (χ2n) is 5.39. The maximum Gasteiger partial charge on any atom is 0.123 e. The SMILES string of the molecule is CCCNCc1ccc(CN(CC)c2ccc(C)cc2)o1. The lowest BCUT2D eigenvalue weighted by Crippen LogP contribution is -2.21. The molecule has 0 atom stereocenters. The van der Waals surface area contributed by atoms with E-state index in [-0.39, 0.29) is 0 Å². The molecule has 0 radical (unpaired) electrons. The number of hydrogen-bond donors (Lipinski definition) is 1. The van der Waals surface area contributed by atoms with Gasteiger partial charge in [0.15, 0.2) is 0 Å². The first kappa shape index (κ1) is 15.6. The minimum atomic E-state index is 0.810. The zero-order valence-electron chi connectivity index (χ0n) is 13.4. The molecule has 0 saturated heterocycles. The second kappa shape index (κ2) is 7.89. The van der Waals surface area contributed by atoms with Crippen molar-refractivity contribution in [1.29, 1.82) is 0 Å². The fourth-order valence-corrected chi connectivity index (χ4v) is 2.32. The van der Waals surface area contributed by atoms with Gasteiger partial charge in [0.25, 0.3) is 0 Å². The number of benzene rings is 1. The standard InChI is InChI=1S/C18H26N2O/c1-4-12-19-13-17-10-11-18(21-17)14-20(5-2)16-8-6-15(3)7-9-16/h6-11,19H,4-5,12-14H2,1-3H3. The molecule has 3 heteroatoms. The Morgan fingerprint density at radius 2 is 1.71 bits per heavy atom. The molecule has 0 aliphatic heterocycles. The lowest BCUT2D eigenvalue weighted by atomic mass is 10.2. The number of nitrogens with zero attached hydrogens (tertiary/aromatic N) is 1. The number of aryl methyl sites for hydroxylation is 1. The van der Waals surface area contributed by atoms with Crippen LogP contribution in [0.3, 0.4) is 0 Å². The minimum Gasteiger partial charge on any atom is -0.463 e. The Balaban J connectivity index is 1.97. The van der Waals surface area contributed by atoms with Crippen LogP contribution in [-0.2, 0) is 13.1 Å². The van der Waals surface area contributed by atoms with Crippen LogP contribution >= 0.6 is 0 Å². The topological polar surface area (TPSA) is 28.4 Å². The molecular weight excluding hydrogens is 260 g/mol. The normalized spacial score (nSPS) is 10.8. The first-order valence-electron chi connectivity index (χ1n) is 7.82. The molecule has 0 bridgehead atoms. The molecule has 0 aliphatic carbocycles. The molecule has 2 aromatic rings. The lowest BCUT2D eigenvalue weighted by molar-refractivity contribution is 0.444. The summed E-state index contributed by atoms with van der Waals surface area (Å²) in [6, 6.07) is 12.8. The quantitative estimate of drug-likeness (QED) is 0.740. The van der Waals surface area contributed by atoms with Crippen LogP contribution in [0.2, 0.25) is 0 Å². The van der Waals surface area contributed by atoms with Gasteiger partial charge in [0, 0.05) is 12.2 Å². The summed E-state index contributed by atoms with van der Waals surface area (Å²) in [5, 5.41) is 3.36. The third-order valence-corrected chi connectivity index (χ3v) is 3.57. The van der Waals surface area contributed by atoms with Crippen molar-refractivity contribution in [3.63, 3.8) is 0 Å². The van der Waals surface area contributed by atoms with E-state index < -0.39 is 0 Å². The second-order valence-corrected chi connectivity index (χ2v) is 5.39. The van der Waals surface area contributed by atoms with E-state index in [0.29, 0.717) is 0 Å². The average molecular weight is 286 g/mol. The number of anilines is 1. The molecule has 1 aromatic carbocycles. The van der Waals surface area contributed by atoms with Gasteiger partial charge in [-0.05, 0) is 51.1 Å². The van der Waals surface area contributed by atoms with Gasteiger partial charge in [-0.15, -0.1) is 0 Å². The zero-order valence-corrected chi connectivity index (χ0v) is 13.4. The molecule has 3 nitrogen and oxygen atoms in total. The first-order valence-corrected chi connectivity index (χ1v) is 7.82. The van der Waals surface area contributed by atoms with Crippen molar-refractivity contribution in [1.82, 2.24) is 5.32 Å². The van der Waals surface area contributed by atoms with E-state index in [0.717, 1.165) is 44.1 Å². The lowest BCUT2D eigenvalue weighted by Gasteiger charge is -2.22. The van der Waals surface area contributed by atoms with E-state index >= 15 is 0 Å². The summed E-state index contributed by atoms with van der Waals surface area (Å²) in [5.74, 6) is 2.03. The van der Waals surface area contributed by atoms with Crippen LogP contribution in [0, 0.1) is 6.92 Å². The molecule has 1 heterocycles. The number of rotatable bonds is 8. The molecule has 0 fully saturated rings. The van der Waals surface area contributed by atoms with Crippen LogP contribution in [0.5, 0.6) is 0 Å². The van der Waals surface area contributed by atoms with Crippen molar-refractivity contribution in [2.24, 2.45) is 0 Å². The number of nitrogens with one attached hydrogen (secondary N) is 1. The Morgan fingerprint density at radius 3 is 2.38 bits per heavy atom. The van der Waals surface area contributed by atoms with Gasteiger partial charge in [-0.2, -0.15) is 0 Å². The smallest absolute Gasteiger partial charge is 0.123 e. The van der Waals surface area contributed by atoms with Gasteiger partial charge >= 0.3 is 0 Å². The van der Waals surface area contributed by atoms with Crippen molar-refractivity contribution >= 4 is 5.69 Å². The summed E-state index contributed by atoms with van der Waals surface area (Å²) in [6.07, 6.45) is 1.14. The molecule has 21 heavy (non-hydrogen) atoms. The highest BCUT2D eigenvalue weighted by atomic mass is 16.3. The molecule has 0 saturated carbocycles. The third kappa shape index (κ3) is 4.64. The van der Waals surface area contributed by atoms with E-state index in [2.05, 4.69) is 67.4 Å². The van der Waals surface area contributed by atoms with Gasteiger partial charge in [0.1, 0.15) is 11.5 Å². The highest BCUT2D eigenvalue weighted by Gasteiger charge is 2.08. The predicted octanol–water partition coefficient (Wildman–Crippen LogP) is 4.11. The predicted molar refractivity (Wildman–Crippen MR) is 88.6 cm³/mol. The van der Waals surface area contributed by atoms with E-state index in [4.69, 9.17) is 4.42 Å². The van der Waals surface area contributed by atoms with Crippen LogP contribution in [0.4, 0.5) is 5.69 Å². The Kier molecular flexibility index (Phi) is 5.88. The van der Waals surface area contributed by atoms with Gasteiger partial charge in [-0.25, -0.2) is 0 Å². The summed E-state index contributed by atoms with van der Waals surface area (Å²) >= 11 is 0. The molecule has 0 unspecified atom stereocenters. The van der Waals surface area contributed by atoms with Crippen molar-refractivity contribution in [2.75, 3.05) is 18.0 Å². The Bertz CT molecular complexity index is 530. The number of hydrogen-bond acceptors (Lipinski definition) is 3. The van der Waals surface area contributed by atoms with Crippen LogP contribution in [0.25, 0.3) is 0 Å². The largest absolute Gasteiger partial charge is 0.463 e. The van der Waals surface area contributed by atoms with Gasteiger partial charge in [0.05, 0.1) is 13.1 Å². The Hall–Kier alpha value is -1.74. The minimum absolute atomic E-state index is 0.810. The van der Waals surface area contributed by atoms with E-state index in [1.165, 1.54) is 11.3 Å². The van der Waals surface area contributed by atoms with Crippen LogP contribution in [0.15, 0.2) is 40.8 Å². The van der Waals surface area contributed by atoms with Gasteiger partial charge in [0.2, 0.25) is 0 Å². The van der Waals surface area contributed by atoms with Crippen molar-refractivity contribution in [3.05, 3.63) is 53.5 Å². The molecule has 1 aromatic heterocycles. The maximum atomic E-state index is 5.90. The fraction of sp³-hybridized carbons (Fsp3) is 0.444. The van der Waals surface area contributed by atoms with Gasteiger partial charge in [-0.3, -0.25) is 0 Å². The van der Waals surface area contributed by atoms with Crippen molar-refractivity contribution in [3.8, 4) is 0 Å². The van der Waals surface area contributed by atoms with Gasteiger partial charge < -0.3 is 14.6 Å². The van der Waals surface area contributed by atoms with E-state index in [1.807, 2.05) is 0 Å². The molecule has 1 N–H and O–H groups in total. The molecule has 0 aliphatic rings. The zero-order chi connectivity index (χ0) is 15.1. The fourth-order valence-electron chi connectivity index (χ4n) is 2.32. The highest BCUT2D eigenvalue weighted by molar-refractivity contribution is 5.47. The Morgan fingerprint density at radius 1 is 1.00 bits per heavy atom. The molecule has 114 valence electrons. The maximum absolute atomic E-state index is 5.90. The molecule has 2 rings (SSSR count). The third-order valence-electron chi connectivity index (χ3n) is 3.57.